The lowest BCUT2D eigenvalue weighted by Crippen LogP contribution is -2.52. The fourth-order valence-electron chi connectivity index (χ4n) is 3.84. The molecule has 2 amide bonds. The molecule has 2 aliphatic rings. The van der Waals surface area contributed by atoms with E-state index < -0.39 is 0 Å². The number of rotatable bonds is 5. The maximum absolute atomic E-state index is 15.0. The predicted molar refractivity (Wildman–Crippen MR) is 126 cm³/mol. The Balaban J connectivity index is 1.37. The zero-order valence-corrected chi connectivity index (χ0v) is 19.9. The largest absolute Gasteiger partial charge is 0.494 e. The van der Waals surface area contributed by atoms with E-state index in [9.17, 15) is 4.79 Å². The number of allylic oxidation sites excluding steroid dienone is 2. The van der Waals surface area contributed by atoms with Gasteiger partial charge in [0.1, 0.15) is 29.4 Å². The average molecular weight is 495 g/mol. The van der Waals surface area contributed by atoms with Crippen LogP contribution in [0.5, 0.6) is 5.75 Å². The normalized spacial score (nSPS) is 18.6. The summed E-state index contributed by atoms with van der Waals surface area (Å²) < 4.78 is 22.0. The molecule has 0 bridgehead atoms. The van der Waals surface area contributed by atoms with Gasteiger partial charge in [0.2, 0.25) is 0 Å². The van der Waals surface area contributed by atoms with Gasteiger partial charge in [0.25, 0.3) is 0 Å². The van der Waals surface area contributed by atoms with Gasteiger partial charge in [-0.05, 0) is 25.0 Å². The van der Waals surface area contributed by atoms with Crippen LogP contribution in [0.3, 0.4) is 0 Å². The number of methoxy groups -OCH3 is 1. The van der Waals surface area contributed by atoms with Gasteiger partial charge in [-0.2, -0.15) is 5.10 Å². The van der Waals surface area contributed by atoms with Crippen LogP contribution >= 0.6 is 23.2 Å². The second-order valence-corrected chi connectivity index (χ2v) is 8.82. The minimum absolute atomic E-state index is 0.164. The fourth-order valence-corrected chi connectivity index (χ4v) is 4.22. The number of anilines is 1. The molecule has 2 aromatic rings. The third-order valence-corrected chi connectivity index (χ3v) is 6.56. The van der Waals surface area contributed by atoms with Crippen molar-refractivity contribution in [3.8, 4) is 11.4 Å². The molecule has 1 N–H and O–H groups in total. The van der Waals surface area contributed by atoms with Crippen molar-refractivity contribution in [3.05, 3.63) is 52.9 Å². The van der Waals surface area contributed by atoms with E-state index >= 15 is 4.39 Å². The van der Waals surface area contributed by atoms with Crippen LogP contribution in [0.4, 0.5) is 14.9 Å². The number of benzene rings is 1. The number of urea groups is 1. The molecule has 11 heteroatoms. The molecular weight excluding hydrogens is 470 g/mol. The van der Waals surface area contributed by atoms with Gasteiger partial charge < -0.3 is 19.9 Å². The van der Waals surface area contributed by atoms with Crippen LogP contribution in [0.25, 0.3) is 5.69 Å². The van der Waals surface area contributed by atoms with E-state index in [0.717, 1.165) is 5.57 Å². The second-order valence-electron chi connectivity index (χ2n) is 7.86. The van der Waals surface area contributed by atoms with Gasteiger partial charge >= 0.3 is 6.03 Å². The number of amides is 2. The number of ether oxygens (including phenoxy) is 1. The molecule has 1 aromatic heterocycles. The van der Waals surface area contributed by atoms with Crippen molar-refractivity contribution in [2.24, 2.45) is 0 Å². The first-order valence-corrected chi connectivity index (χ1v) is 11.4. The Kier molecular flexibility index (Phi) is 7.09. The van der Waals surface area contributed by atoms with E-state index in [1.54, 1.807) is 24.0 Å². The molecule has 0 saturated carbocycles. The van der Waals surface area contributed by atoms with Crippen LogP contribution in [-0.2, 0) is 0 Å². The average Bonchev–Trinajstić information content (AvgIpc) is 3.25. The van der Waals surface area contributed by atoms with Crippen molar-refractivity contribution < 1.29 is 13.9 Å². The number of aryl methyl sites for hydroxylation is 1. The molecule has 176 valence electrons. The van der Waals surface area contributed by atoms with Gasteiger partial charge in [0.05, 0.1) is 18.2 Å². The van der Waals surface area contributed by atoms with Crippen LogP contribution in [0.2, 0.25) is 0 Å². The van der Waals surface area contributed by atoms with Crippen LogP contribution in [0.1, 0.15) is 12.2 Å². The molecule has 33 heavy (non-hydrogen) atoms. The molecule has 1 aliphatic heterocycles. The number of aromatic nitrogens is 3. The lowest BCUT2D eigenvalue weighted by molar-refractivity contribution is 0.195. The van der Waals surface area contributed by atoms with E-state index in [0.29, 0.717) is 67.1 Å². The summed E-state index contributed by atoms with van der Waals surface area (Å²) in [5, 5.41) is 7.53. The zero-order chi connectivity index (χ0) is 23.5. The quantitative estimate of drug-likeness (QED) is 0.642. The number of piperazine rings is 1. The van der Waals surface area contributed by atoms with E-state index in [-0.39, 0.29) is 17.2 Å². The summed E-state index contributed by atoms with van der Waals surface area (Å²) in [5.41, 5.74) is 1.83. The highest BCUT2D eigenvalue weighted by Gasteiger charge is 2.25. The number of carbonyl (C=O) groups is 1. The summed E-state index contributed by atoms with van der Waals surface area (Å²) in [7, 11) is 1.53. The fraction of sp³-hybridized carbons (Fsp3) is 0.409. The van der Waals surface area contributed by atoms with Crippen molar-refractivity contribution in [3.63, 3.8) is 0 Å². The number of hydrogen-bond donors (Lipinski definition) is 1. The summed E-state index contributed by atoms with van der Waals surface area (Å²) in [6.07, 6.45) is 5.93. The Morgan fingerprint density at radius 3 is 2.67 bits per heavy atom. The topological polar surface area (TPSA) is 75.5 Å². The van der Waals surface area contributed by atoms with Crippen LogP contribution in [0.15, 0.2) is 41.2 Å². The molecule has 2 heterocycles. The lowest BCUT2D eigenvalue weighted by Gasteiger charge is -2.36. The van der Waals surface area contributed by atoms with E-state index in [1.165, 1.54) is 24.2 Å². The van der Waals surface area contributed by atoms with E-state index in [2.05, 4.69) is 15.4 Å². The Bertz CT molecular complexity index is 1090. The van der Waals surface area contributed by atoms with Crippen molar-refractivity contribution in [1.29, 1.82) is 0 Å². The maximum Gasteiger partial charge on any atom is 0.317 e. The molecule has 1 unspecified atom stereocenters. The molecule has 8 nitrogen and oxygen atoms in total. The third-order valence-electron chi connectivity index (χ3n) is 5.66. The molecule has 1 atom stereocenters. The highest BCUT2D eigenvalue weighted by Crippen LogP contribution is 2.32. The van der Waals surface area contributed by atoms with Crippen LogP contribution < -0.4 is 15.0 Å². The first-order valence-electron chi connectivity index (χ1n) is 10.6. The molecule has 1 saturated heterocycles. The minimum atomic E-state index is -0.387. The monoisotopic (exact) mass is 494 g/mol. The van der Waals surface area contributed by atoms with Gasteiger partial charge in [-0.25, -0.2) is 18.9 Å². The van der Waals surface area contributed by atoms with Gasteiger partial charge in [0, 0.05) is 49.9 Å². The van der Waals surface area contributed by atoms with Crippen molar-refractivity contribution in [2.75, 3.05) is 44.7 Å². The van der Waals surface area contributed by atoms with E-state index in [1.807, 2.05) is 11.0 Å². The predicted octanol–water partition coefficient (Wildman–Crippen LogP) is 3.62. The van der Waals surface area contributed by atoms with Gasteiger partial charge in [0.15, 0.2) is 0 Å². The van der Waals surface area contributed by atoms with E-state index in [4.69, 9.17) is 27.9 Å². The zero-order valence-electron chi connectivity index (χ0n) is 18.4. The highest BCUT2D eigenvalue weighted by molar-refractivity contribution is 6.37. The molecule has 0 spiro atoms. The molecule has 1 aromatic carbocycles. The number of carbonyl (C=O) groups excluding carboxylic acids is 1. The van der Waals surface area contributed by atoms with Gasteiger partial charge in [-0.15, -0.1) is 11.6 Å². The maximum atomic E-state index is 15.0. The van der Waals surface area contributed by atoms with Crippen molar-refractivity contribution >= 4 is 34.9 Å². The van der Waals surface area contributed by atoms with Crippen LogP contribution in [0, 0.1) is 12.7 Å². The third kappa shape index (κ3) is 5.25. The summed E-state index contributed by atoms with van der Waals surface area (Å²) in [5.74, 6) is 0.684. The second kappa shape index (κ2) is 10.0. The van der Waals surface area contributed by atoms with Crippen molar-refractivity contribution in [2.45, 2.75) is 18.7 Å². The Morgan fingerprint density at radius 2 is 2.03 bits per heavy atom. The Hall–Kier alpha value is -2.78. The highest BCUT2D eigenvalue weighted by atomic mass is 35.5. The summed E-state index contributed by atoms with van der Waals surface area (Å²) >= 11 is 12.2. The SMILES string of the molecule is COc1cc(N2CCN(C(=O)NCC3=CCC(Cl)C(Cl)=C3)CC2)c(F)cc1-n1cnc(C)n1. The molecular formula is C22H25Cl2FN6O2. The number of halogens is 3. The first kappa shape index (κ1) is 23.4. The molecule has 1 fully saturated rings. The number of nitrogens with zero attached hydrogens (tertiary/aromatic N) is 5. The molecule has 4 rings (SSSR count). The number of nitrogens with one attached hydrogen (secondary N) is 1. The number of alkyl halides is 1. The molecule has 0 radical (unpaired) electrons. The number of hydrogen-bond acceptors (Lipinski definition) is 5. The smallest absolute Gasteiger partial charge is 0.317 e. The molecule has 1 aliphatic carbocycles. The summed E-state index contributed by atoms with van der Waals surface area (Å²) in [6.45, 7) is 4.08. The van der Waals surface area contributed by atoms with Crippen LogP contribution in [-0.4, -0.2) is 70.9 Å². The lowest BCUT2D eigenvalue weighted by atomic mass is 10.1. The minimum Gasteiger partial charge on any atom is -0.494 e. The first-order chi connectivity index (χ1) is 15.9. The summed E-state index contributed by atoms with van der Waals surface area (Å²) in [4.78, 5) is 20.3. The Morgan fingerprint density at radius 1 is 1.27 bits per heavy atom. The summed E-state index contributed by atoms with van der Waals surface area (Å²) in [6, 6.07) is 2.89. The standard InChI is InChI=1S/C22H25Cl2FN6O2/c1-14-27-13-31(28-14)20-10-18(25)19(11-21(20)33-2)29-5-7-30(8-6-29)22(32)26-12-15-3-4-16(23)17(24)9-15/h3,9-11,13,16H,4-8,12H2,1-2H3,(H,26,32). The van der Waals surface area contributed by atoms with Gasteiger partial charge in [-0.1, -0.05) is 17.7 Å². The van der Waals surface area contributed by atoms with Gasteiger partial charge in [-0.3, -0.25) is 0 Å². The Labute approximate surface area is 201 Å². The van der Waals surface area contributed by atoms with Crippen molar-refractivity contribution in [1.82, 2.24) is 25.0 Å².